The van der Waals surface area contributed by atoms with Gasteiger partial charge in [0.1, 0.15) is 0 Å². The standard InChI is InChI=1S/C17H36N4O2S.HI/c1-6-7-11-21-12-8-15(9-13-21)20-16(18-5)19-10-14-24(22,23)17(2,3)4;/h15H,6-14H2,1-5H3,(H2,18,19,20);1H. The molecule has 25 heavy (non-hydrogen) atoms. The third-order valence-electron chi connectivity index (χ3n) is 4.58. The number of aliphatic imine (C=N–C) groups is 1. The summed E-state index contributed by atoms with van der Waals surface area (Å²) in [6, 6.07) is 0.410. The van der Waals surface area contributed by atoms with Gasteiger partial charge in [0, 0.05) is 32.7 Å². The van der Waals surface area contributed by atoms with Crippen LogP contribution in [0.2, 0.25) is 0 Å². The first-order valence-corrected chi connectivity index (χ1v) is 10.8. The third-order valence-corrected chi connectivity index (χ3v) is 7.18. The number of likely N-dealkylation sites (tertiary alicyclic amines) is 1. The fourth-order valence-electron chi connectivity index (χ4n) is 2.68. The third kappa shape index (κ3) is 8.90. The van der Waals surface area contributed by atoms with Crippen LogP contribution in [0.4, 0.5) is 0 Å². The summed E-state index contributed by atoms with van der Waals surface area (Å²) >= 11 is 0. The van der Waals surface area contributed by atoms with Crippen molar-refractivity contribution in [2.45, 2.75) is 64.2 Å². The van der Waals surface area contributed by atoms with Gasteiger partial charge in [0.25, 0.3) is 0 Å². The first kappa shape index (κ1) is 24.9. The van der Waals surface area contributed by atoms with Crippen molar-refractivity contribution in [1.29, 1.82) is 0 Å². The molecule has 6 nitrogen and oxygen atoms in total. The Hall–Kier alpha value is -0.0900. The maximum absolute atomic E-state index is 12.1. The molecule has 0 unspecified atom stereocenters. The van der Waals surface area contributed by atoms with E-state index >= 15 is 0 Å². The molecule has 0 radical (unpaired) electrons. The Bertz CT molecular complexity index is 495. The van der Waals surface area contributed by atoms with Crippen molar-refractivity contribution >= 4 is 39.8 Å². The van der Waals surface area contributed by atoms with Gasteiger partial charge in [0.15, 0.2) is 15.8 Å². The smallest absolute Gasteiger partial charge is 0.191 e. The number of unbranched alkanes of at least 4 members (excludes halogenated alkanes) is 1. The highest BCUT2D eigenvalue weighted by Crippen LogP contribution is 2.15. The molecule has 2 N–H and O–H groups in total. The normalized spacial score (nSPS) is 17.9. The van der Waals surface area contributed by atoms with Gasteiger partial charge in [-0.2, -0.15) is 0 Å². The quantitative estimate of drug-likeness (QED) is 0.327. The monoisotopic (exact) mass is 488 g/mol. The van der Waals surface area contributed by atoms with E-state index in [1.807, 2.05) is 0 Å². The second-order valence-corrected chi connectivity index (χ2v) is 10.4. The van der Waals surface area contributed by atoms with E-state index in [0.29, 0.717) is 18.5 Å². The number of halogens is 1. The van der Waals surface area contributed by atoms with E-state index in [4.69, 9.17) is 0 Å². The Balaban J connectivity index is 0.00000576. The molecule has 0 atom stereocenters. The number of hydrogen-bond donors (Lipinski definition) is 2. The molecule has 1 fully saturated rings. The second kappa shape index (κ2) is 11.6. The van der Waals surface area contributed by atoms with E-state index in [0.717, 1.165) is 25.9 Å². The van der Waals surface area contributed by atoms with Crippen molar-refractivity contribution in [3.05, 3.63) is 0 Å². The van der Waals surface area contributed by atoms with Crippen LogP contribution in [0.15, 0.2) is 4.99 Å². The Labute approximate surface area is 171 Å². The summed E-state index contributed by atoms with van der Waals surface area (Å²) in [5, 5.41) is 6.56. The van der Waals surface area contributed by atoms with Crippen molar-refractivity contribution in [1.82, 2.24) is 15.5 Å². The number of piperidine rings is 1. The molecule has 0 aromatic heterocycles. The lowest BCUT2D eigenvalue weighted by Crippen LogP contribution is -2.49. The van der Waals surface area contributed by atoms with Gasteiger partial charge in [-0.1, -0.05) is 13.3 Å². The zero-order valence-electron chi connectivity index (χ0n) is 16.5. The van der Waals surface area contributed by atoms with Gasteiger partial charge < -0.3 is 15.5 Å². The Morgan fingerprint density at radius 1 is 1.24 bits per heavy atom. The summed E-state index contributed by atoms with van der Waals surface area (Å²) in [5.74, 6) is 0.818. The zero-order chi connectivity index (χ0) is 18.2. The average Bonchev–Trinajstić information content (AvgIpc) is 2.52. The second-order valence-electron chi connectivity index (χ2n) is 7.54. The molecule has 0 saturated carbocycles. The molecular formula is C17H37IN4O2S. The Kier molecular flexibility index (Phi) is 11.5. The summed E-state index contributed by atoms with van der Waals surface area (Å²) in [4.78, 5) is 6.74. The van der Waals surface area contributed by atoms with Gasteiger partial charge in [0.2, 0.25) is 0 Å². The van der Waals surface area contributed by atoms with Gasteiger partial charge >= 0.3 is 0 Å². The predicted octanol–water partition coefficient (Wildman–Crippen LogP) is 2.25. The van der Waals surface area contributed by atoms with Crippen LogP contribution in [0.25, 0.3) is 0 Å². The molecule has 0 aromatic carbocycles. The van der Waals surface area contributed by atoms with Crippen molar-refractivity contribution in [3.8, 4) is 0 Å². The number of guanidine groups is 1. The van der Waals surface area contributed by atoms with Crippen molar-refractivity contribution in [3.63, 3.8) is 0 Å². The molecule has 0 aliphatic carbocycles. The largest absolute Gasteiger partial charge is 0.355 e. The molecule has 1 aliphatic rings. The van der Waals surface area contributed by atoms with E-state index < -0.39 is 14.6 Å². The van der Waals surface area contributed by atoms with E-state index in [9.17, 15) is 8.42 Å². The Morgan fingerprint density at radius 2 is 1.84 bits per heavy atom. The number of nitrogens with one attached hydrogen (secondary N) is 2. The summed E-state index contributed by atoms with van der Waals surface area (Å²) in [7, 11) is -1.38. The molecule has 8 heteroatoms. The van der Waals surface area contributed by atoms with Crippen molar-refractivity contribution in [2.24, 2.45) is 4.99 Å². The zero-order valence-corrected chi connectivity index (χ0v) is 19.6. The highest BCUT2D eigenvalue weighted by Gasteiger charge is 2.28. The number of rotatable bonds is 7. The lowest BCUT2D eigenvalue weighted by atomic mass is 10.0. The highest BCUT2D eigenvalue weighted by atomic mass is 127. The van der Waals surface area contributed by atoms with Gasteiger partial charge in [-0.05, 0) is 46.6 Å². The van der Waals surface area contributed by atoms with Gasteiger partial charge in [-0.3, -0.25) is 4.99 Å². The summed E-state index contributed by atoms with van der Waals surface area (Å²) in [5.41, 5.74) is 0. The molecule has 0 amide bonds. The van der Waals surface area contributed by atoms with Crippen molar-refractivity contribution < 1.29 is 8.42 Å². The minimum atomic E-state index is -3.10. The van der Waals surface area contributed by atoms with E-state index in [1.165, 1.54) is 19.4 Å². The molecular weight excluding hydrogens is 451 g/mol. The van der Waals surface area contributed by atoms with Crippen molar-refractivity contribution in [2.75, 3.05) is 39.0 Å². The fraction of sp³-hybridized carbons (Fsp3) is 0.941. The SMILES string of the molecule is CCCCN1CCC(NC(=NC)NCCS(=O)(=O)C(C)(C)C)CC1.I. The summed E-state index contributed by atoms with van der Waals surface area (Å²) in [6.07, 6.45) is 4.71. The minimum Gasteiger partial charge on any atom is -0.355 e. The molecule has 0 aromatic rings. The first-order chi connectivity index (χ1) is 11.2. The fourth-order valence-corrected chi connectivity index (χ4v) is 3.66. The van der Waals surface area contributed by atoms with Crippen LogP contribution in [0.1, 0.15) is 53.4 Å². The molecule has 1 heterocycles. The molecule has 0 bridgehead atoms. The van der Waals surface area contributed by atoms with Crippen LogP contribution in [0.3, 0.4) is 0 Å². The van der Waals surface area contributed by atoms with Crippen LogP contribution in [0.5, 0.6) is 0 Å². The van der Waals surface area contributed by atoms with Crippen LogP contribution in [0, 0.1) is 0 Å². The number of sulfone groups is 1. The van der Waals surface area contributed by atoms with Crippen LogP contribution >= 0.6 is 24.0 Å². The van der Waals surface area contributed by atoms with Crippen LogP contribution < -0.4 is 10.6 Å². The minimum absolute atomic E-state index is 0. The topological polar surface area (TPSA) is 73.8 Å². The molecule has 1 aliphatic heterocycles. The van der Waals surface area contributed by atoms with E-state index in [1.54, 1.807) is 27.8 Å². The van der Waals surface area contributed by atoms with Gasteiger partial charge in [0.05, 0.1) is 10.5 Å². The maximum atomic E-state index is 12.1. The first-order valence-electron chi connectivity index (χ1n) is 9.11. The van der Waals surface area contributed by atoms with Gasteiger partial charge in [-0.15, -0.1) is 24.0 Å². The summed E-state index contributed by atoms with van der Waals surface area (Å²) in [6.45, 7) is 11.3. The Morgan fingerprint density at radius 3 is 2.32 bits per heavy atom. The highest BCUT2D eigenvalue weighted by molar-refractivity contribution is 14.0. The number of nitrogens with zero attached hydrogens (tertiary/aromatic N) is 2. The molecule has 1 saturated heterocycles. The van der Waals surface area contributed by atoms with E-state index in [2.05, 4.69) is 27.4 Å². The van der Waals surface area contributed by atoms with Crippen LogP contribution in [-0.2, 0) is 9.84 Å². The van der Waals surface area contributed by atoms with Crippen LogP contribution in [-0.4, -0.2) is 69.0 Å². The average molecular weight is 488 g/mol. The summed E-state index contributed by atoms with van der Waals surface area (Å²) < 4.78 is 23.5. The lowest BCUT2D eigenvalue weighted by molar-refractivity contribution is 0.203. The predicted molar refractivity (Wildman–Crippen MR) is 118 cm³/mol. The van der Waals surface area contributed by atoms with Gasteiger partial charge in [-0.25, -0.2) is 8.42 Å². The molecule has 0 spiro atoms. The lowest BCUT2D eigenvalue weighted by Gasteiger charge is -2.33. The van der Waals surface area contributed by atoms with E-state index in [-0.39, 0.29) is 29.7 Å². The molecule has 1 rings (SSSR count). The molecule has 150 valence electrons. The number of hydrogen-bond acceptors (Lipinski definition) is 4. The maximum Gasteiger partial charge on any atom is 0.191 e.